The van der Waals surface area contributed by atoms with E-state index in [0.29, 0.717) is 11.5 Å². The summed E-state index contributed by atoms with van der Waals surface area (Å²) in [7, 11) is 0. The molecule has 0 unspecified atom stereocenters. The van der Waals surface area contributed by atoms with Crippen molar-refractivity contribution in [1.82, 2.24) is 14.8 Å². The number of piperidine rings is 1. The molecule has 0 radical (unpaired) electrons. The molecular formula is C16H22FN3O. The number of rotatable bonds is 3. The van der Waals surface area contributed by atoms with Crippen LogP contribution in [-0.2, 0) is 0 Å². The van der Waals surface area contributed by atoms with Gasteiger partial charge in [0.25, 0.3) is 5.91 Å². The molecule has 21 heavy (non-hydrogen) atoms. The van der Waals surface area contributed by atoms with Crippen molar-refractivity contribution in [3.63, 3.8) is 0 Å². The predicted octanol–water partition coefficient (Wildman–Crippen LogP) is 2.17. The fourth-order valence-electron chi connectivity index (χ4n) is 3.37. The van der Waals surface area contributed by atoms with Crippen LogP contribution < -0.4 is 0 Å². The molecule has 1 aromatic rings. The van der Waals surface area contributed by atoms with E-state index in [-0.39, 0.29) is 5.91 Å². The lowest BCUT2D eigenvalue weighted by Crippen LogP contribution is -2.41. The van der Waals surface area contributed by atoms with Crippen molar-refractivity contribution in [3.05, 3.63) is 29.8 Å². The highest BCUT2D eigenvalue weighted by Gasteiger charge is 2.25. The zero-order valence-electron chi connectivity index (χ0n) is 12.3. The summed E-state index contributed by atoms with van der Waals surface area (Å²) in [4.78, 5) is 20.2. The van der Waals surface area contributed by atoms with Crippen molar-refractivity contribution >= 4 is 5.91 Å². The molecule has 0 spiro atoms. The van der Waals surface area contributed by atoms with E-state index in [4.69, 9.17) is 0 Å². The summed E-state index contributed by atoms with van der Waals surface area (Å²) in [5, 5.41) is 0. The van der Waals surface area contributed by atoms with Crippen LogP contribution in [0.5, 0.6) is 0 Å². The lowest BCUT2D eigenvalue weighted by molar-refractivity contribution is 0.0672. The summed E-state index contributed by atoms with van der Waals surface area (Å²) in [6.07, 6.45) is 6.10. The molecule has 0 bridgehead atoms. The molecule has 2 fully saturated rings. The van der Waals surface area contributed by atoms with E-state index in [1.54, 1.807) is 6.07 Å². The van der Waals surface area contributed by atoms with Gasteiger partial charge in [0, 0.05) is 37.5 Å². The number of hydrogen-bond donors (Lipinski definition) is 0. The Morgan fingerprint density at radius 3 is 2.62 bits per heavy atom. The monoisotopic (exact) mass is 291 g/mol. The lowest BCUT2D eigenvalue weighted by atomic mass is 9.96. The molecule has 1 aromatic heterocycles. The van der Waals surface area contributed by atoms with Gasteiger partial charge in [0.2, 0.25) is 5.95 Å². The fourth-order valence-corrected chi connectivity index (χ4v) is 3.37. The van der Waals surface area contributed by atoms with Gasteiger partial charge in [0.05, 0.1) is 0 Å². The van der Waals surface area contributed by atoms with Crippen molar-refractivity contribution < 1.29 is 9.18 Å². The van der Waals surface area contributed by atoms with Crippen molar-refractivity contribution in [2.75, 3.05) is 32.7 Å². The Balaban J connectivity index is 1.52. The van der Waals surface area contributed by atoms with E-state index < -0.39 is 5.95 Å². The van der Waals surface area contributed by atoms with Crippen LogP contribution in [0.15, 0.2) is 18.3 Å². The maximum atomic E-state index is 13.1. The van der Waals surface area contributed by atoms with E-state index in [2.05, 4.69) is 9.88 Å². The number of likely N-dealkylation sites (tertiary alicyclic amines) is 2. The third-order valence-corrected chi connectivity index (χ3v) is 4.59. The highest BCUT2D eigenvalue weighted by Crippen LogP contribution is 2.21. The van der Waals surface area contributed by atoms with Gasteiger partial charge >= 0.3 is 0 Å². The van der Waals surface area contributed by atoms with Crippen LogP contribution in [-0.4, -0.2) is 53.4 Å². The van der Waals surface area contributed by atoms with E-state index in [1.165, 1.54) is 44.7 Å². The Morgan fingerprint density at radius 2 is 1.95 bits per heavy atom. The molecule has 1 amide bonds. The second-order valence-corrected chi connectivity index (χ2v) is 6.11. The second kappa shape index (κ2) is 6.52. The maximum absolute atomic E-state index is 13.1. The Hall–Kier alpha value is -1.49. The third kappa shape index (κ3) is 3.59. The number of pyridine rings is 1. The summed E-state index contributed by atoms with van der Waals surface area (Å²) in [5.74, 6) is 0.0296. The molecule has 114 valence electrons. The van der Waals surface area contributed by atoms with Gasteiger partial charge in [0.15, 0.2) is 0 Å². The van der Waals surface area contributed by atoms with Crippen LogP contribution in [0.4, 0.5) is 4.39 Å². The van der Waals surface area contributed by atoms with E-state index in [0.717, 1.165) is 25.9 Å². The predicted molar refractivity (Wildman–Crippen MR) is 78.5 cm³/mol. The largest absolute Gasteiger partial charge is 0.339 e. The lowest BCUT2D eigenvalue weighted by Gasteiger charge is -2.34. The summed E-state index contributed by atoms with van der Waals surface area (Å²) >= 11 is 0. The summed E-state index contributed by atoms with van der Waals surface area (Å²) in [5.41, 5.74) is 0.403. The average molecular weight is 291 g/mol. The topological polar surface area (TPSA) is 36.4 Å². The molecule has 3 rings (SSSR count). The average Bonchev–Trinajstić information content (AvgIpc) is 3.00. The number of nitrogens with zero attached hydrogens (tertiary/aromatic N) is 3. The molecule has 0 saturated carbocycles. The van der Waals surface area contributed by atoms with Crippen molar-refractivity contribution in [2.45, 2.75) is 25.7 Å². The van der Waals surface area contributed by atoms with E-state index >= 15 is 0 Å². The fraction of sp³-hybridized carbons (Fsp3) is 0.625. The van der Waals surface area contributed by atoms with E-state index in [9.17, 15) is 9.18 Å². The first kappa shape index (κ1) is 14.4. The Bertz CT molecular complexity index is 494. The van der Waals surface area contributed by atoms with Crippen LogP contribution in [0.2, 0.25) is 0 Å². The smallest absolute Gasteiger partial charge is 0.254 e. The zero-order chi connectivity index (χ0) is 14.7. The molecule has 0 aromatic carbocycles. The molecule has 0 N–H and O–H groups in total. The van der Waals surface area contributed by atoms with Gasteiger partial charge < -0.3 is 9.80 Å². The van der Waals surface area contributed by atoms with Crippen LogP contribution in [0.1, 0.15) is 36.0 Å². The van der Waals surface area contributed by atoms with Crippen LogP contribution in [0.3, 0.4) is 0 Å². The van der Waals surface area contributed by atoms with Crippen molar-refractivity contribution in [3.8, 4) is 0 Å². The number of carbonyl (C=O) groups is 1. The first-order valence-corrected chi connectivity index (χ1v) is 7.85. The molecule has 4 nitrogen and oxygen atoms in total. The first-order valence-electron chi connectivity index (χ1n) is 7.85. The van der Waals surface area contributed by atoms with Crippen LogP contribution in [0.25, 0.3) is 0 Å². The summed E-state index contributed by atoms with van der Waals surface area (Å²) in [6.45, 7) is 5.19. The molecule has 5 heteroatoms. The number of aromatic nitrogens is 1. The van der Waals surface area contributed by atoms with Gasteiger partial charge in [-0.05, 0) is 50.8 Å². The normalized spacial score (nSPS) is 20.9. The van der Waals surface area contributed by atoms with Gasteiger partial charge in [-0.2, -0.15) is 4.39 Å². The first-order chi connectivity index (χ1) is 10.2. The van der Waals surface area contributed by atoms with Gasteiger partial charge in [-0.1, -0.05) is 0 Å². The number of carbonyl (C=O) groups excluding carboxylic acids is 1. The zero-order valence-corrected chi connectivity index (χ0v) is 12.3. The summed E-state index contributed by atoms with van der Waals surface area (Å²) < 4.78 is 13.1. The third-order valence-electron chi connectivity index (χ3n) is 4.59. The maximum Gasteiger partial charge on any atom is 0.254 e. The minimum atomic E-state index is -0.593. The number of halogens is 1. The van der Waals surface area contributed by atoms with Gasteiger partial charge in [-0.3, -0.25) is 4.79 Å². The second-order valence-electron chi connectivity index (χ2n) is 6.11. The molecule has 2 aliphatic heterocycles. The molecular weight excluding hydrogens is 269 g/mol. The molecule has 0 atom stereocenters. The highest BCUT2D eigenvalue weighted by molar-refractivity contribution is 5.94. The standard InChI is InChI=1S/C16H22FN3O/c17-15-11-14(3-6-18-15)16(21)20-9-4-13(5-10-20)12-19-7-1-2-8-19/h3,6,11,13H,1-2,4-5,7-10,12H2. The number of amides is 1. The van der Waals surface area contributed by atoms with E-state index in [1.807, 2.05) is 4.90 Å². The van der Waals surface area contributed by atoms with Crippen molar-refractivity contribution in [1.29, 1.82) is 0 Å². The molecule has 2 saturated heterocycles. The van der Waals surface area contributed by atoms with Gasteiger partial charge in [-0.15, -0.1) is 0 Å². The highest BCUT2D eigenvalue weighted by atomic mass is 19.1. The quantitative estimate of drug-likeness (QED) is 0.801. The minimum absolute atomic E-state index is 0.0732. The Kier molecular flexibility index (Phi) is 4.48. The van der Waals surface area contributed by atoms with Crippen LogP contribution in [0, 0.1) is 11.9 Å². The SMILES string of the molecule is O=C(c1ccnc(F)c1)N1CCC(CN2CCCC2)CC1. The Morgan fingerprint density at radius 1 is 1.24 bits per heavy atom. The minimum Gasteiger partial charge on any atom is -0.339 e. The van der Waals surface area contributed by atoms with Gasteiger partial charge in [0.1, 0.15) is 0 Å². The molecule has 0 aliphatic carbocycles. The number of hydrogen-bond acceptors (Lipinski definition) is 3. The summed E-state index contributed by atoms with van der Waals surface area (Å²) in [6, 6.07) is 2.81. The van der Waals surface area contributed by atoms with Gasteiger partial charge in [-0.25, -0.2) is 4.98 Å². The molecule has 2 aliphatic rings. The van der Waals surface area contributed by atoms with Crippen LogP contribution >= 0.6 is 0 Å². The molecule has 3 heterocycles. The van der Waals surface area contributed by atoms with Crippen molar-refractivity contribution in [2.24, 2.45) is 5.92 Å². The Labute approximate surface area is 125 Å².